The molecule has 1 saturated heterocycles. The Labute approximate surface area is 122 Å². The maximum atomic E-state index is 11.8. The molecular weight excluding hydrogens is 308 g/mol. The number of nitrogens with one attached hydrogen (secondary N) is 1. The highest BCUT2D eigenvalue weighted by Gasteiger charge is 2.23. The topological polar surface area (TPSA) is 48.5 Å². The van der Waals surface area contributed by atoms with Crippen molar-refractivity contribution in [1.29, 1.82) is 0 Å². The highest BCUT2D eigenvalue weighted by atomic mass is 79.9. The Kier molecular flexibility index (Phi) is 4.63. The minimum Gasteiger partial charge on any atom is -0.380 e. The molecule has 1 aromatic rings. The fourth-order valence-electron chi connectivity index (χ4n) is 2.21. The van der Waals surface area contributed by atoms with E-state index in [1.807, 2.05) is 17.0 Å². The van der Waals surface area contributed by atoms with Crippen LogP contribution in [-0.2, 0) is 0 Å². The van der Waals surface area contributed by atoms with Crippen molar-refractivity contribution < 1.29 is 4.79 Å². The zero-order valence-electron chi connectivity index (χ0n) is 11.3. The fourth-order valence-corrected chi connectivity index (χ4v) is 2.58. The molecule has 1 aliphatic heterocycles. The minimum absolute atomic E-state index is 0.0982. The summed E-state index contributed by atoms with van der Waals surface area (Å²) in [6.45, 7) is 1.60. The van der Waals surface area contributed by atoms with Crippen LogP contribution in [0, 0.1) is 0 Å². The molecule has 0 saturated carbocycles. The molecule has 1 N–H and O–H groups in total. The Bertz CT molecular complexity index is 444. The van der Waals surface area contributed by atoms with Crippen molar-refractivity contribution in [3.63, 3.8) is 0 Å². The Morgan fingerprint density at radius 2 is 2.16 bits per heavy atom. The molecule has 0 spiro atoms. The van der Waals surface area contributed by atoms with E-state index in [0.29, 0.717) is 6.04 Å². The lowest BCUT2D eigenvalue weighted by molar-refractivity contribution is 0.158. The predicted octanol–water partition coefficient (Wildman–Crippen LogP) is 2.40. The smallest absolute Gasteiger partial charge is 0.319 e. The number of amides is 2. The van der Waals surface area contributed by atoms with Crippen LogP contribution in [-0.4, -0.2) is 54.0 Å². The van der Waals surface area contributed by atoms with E-state index in [0.717, 1.165) is 36.2 Å². The first kappa shape index (κ1) is 14.1. The molecule has 0 aliphatic carbocycles. The molecule has 6 heteroatoms. The average molecular weight is 327 g/mol. The first-order chi connectivity index (χ1) is 9.08. The summed E-state index contributed by atoms with van der Waals surface area (Å²) in [4.78, 5) is 19.6. The largest absolute Gasteiger partial charge is 0.380 e. The number of rotatable bonds is 2. The summed E-state index contributed by atoms with van der Waals surface area (Å²) in [5.74, 6) is 0. The van der Waals surface area contributed by atoms with Crippen molar-refractivity contribution in [3.05, 3.63) is 22.9 Å². The number of anilines is 1. The number of urea groups is 1. The molecule has 19 heavy (non-hydrogen) atoms. The summed E-state index contributed by atoms with van der Waals surface area (Å²) >= 11 is 3.43. The molecule has 0 radical (unpaired) electrons. The SMILES string of the molecule is CN(C)C(=O)N1CCC(Nc2cccnc2Br)CC1. The molecule has 2 rings (SSSR count). The van der Waals surface area contributed by atoms with Gasteiger partial charge in [0.1, 0.15) is 4.60 Å². The summed E-state index contributed by atoms with van der Waals surface area (Å²) in [6.07, 6.45) is 3.68. The number of carbonyl (C=O) groups is 1. The number of carbonyl (C=O) groups excluding carboxylic acids is 1. The van der Waals surface area contributed by atoms with Crippen LogP contribution in [0.3, 0.4) is 0 Å². The molecule has 5 nitrogen and oxygen atoms in total. The third-order valence-corrected chi connectivity index (χ3v) is 3.90. The number of pyridine rings is 1. The van der Waals surface area contributed by atoms with Crippen molar-refractivity contribution in [3.8, 4) is 0 Å². The van der Waals surface area contributed by atoms with Crippen molar-refractivity contribution in [2.75, 3.05) is 32.5 Å². The van der Waals surface area contributed by atoms with Gasteiger partial charge < -0.3 is 15.1 Å². The number of piperidine rings is 1. The van der Waals surface area contributed by atoms with Crippen LogP contribution in [0.1, 0.15) is 12.8 Å². The molecule has 0 bridgehead atoms. The van der Waals surface area contributed by atoms with Crippen molar-refractivity contribution in [2.45, 2.75) is 18.9 Å². The quantitative estimate of drug-likeness (QED) is 0.849. The summed E-state index contributed by atoms with van der Waals surface area (Å²) in [5, 5.41) is 3.48. The molecule has 2 heterocycles. The van der Waals surface area contributed by atoms with Crippen LogP contribution in [0.4, 0.5) is 10.5 Å². The van der Waals surface area contributed by atoms with E-state index in [1.54, 1.807) is 25.2 Å². The standard InChI is InChI=1S/C13H19BrN4O/c1-17(2)13(19)18-8-5-10(6-9-18)16-11-4-3-7-15-12(11)14/h3-4,7,10,16H,5-6,8-9H2,1-2H3. The lowest BCUT2D eigenvalue weighted by Gasteiger charge is -2.34. The number of hydrogen-bond acceptors (Lipinski definition) is 3. The van der Waals surface area contributed by atoms with E-state index in [2.05, 4.69) is 26.2 Å². The van der Waals surface area contributed by atoms with E-state index >= 15 is 0 Å². The number of hydrogen-bond donors (Lipinski definition) is 1. The Morgan fingerprint density at radius 3 is 2.74 bits per heavy atom. The van der Waals surface area contributed by atoms with Crippen molar-refractivity contribution in [1.82, 2.24) is 14.8 Å². The summed E-state index contributed by atoms with van der Waals surface area (Å²) in [5.41, 5.74) is 1.01. The molecule has 1 aromatic heterocycles. The first-order valence-electron chi connectivity index (χ1n) is 6.41. The van der Waals surface area contributed by atoms with Gasteiger partial charge in [0.2, 0.25) is 0 Å². The second-order valence-electron chi connectivity index (χ2n) is 4.92. The molecule has 0 unspecified atom stereocenters. The van der Waals surface area contributed by atoms with Crippen LogP contribution in [0.15, 0.2) is 22.9 Å². The highest BCUT2D eigenvalue weighted by Crippen LogP contribution is 2.22. The molecule has 1 aliphatic rings. The molecule has 0 aromatic carbocycles. The van der Waals surface area contributed by atoms with Crippen LogP contribution >= 0.6 is 15.9 Å². The molecule has 1 fully saturated rings. The third-order valence-electron chi connectivity index (χ3n) is 3.27. The number of halogens is 1. The van der Waals surface area contributed by atoms with Gasteiger partial charge in [0.05, 0.1) is 5.69 Å². The van der Waals surface area contributed by atoms with E-state index in [9.17, 15) is 4.79 Å². The van der Waals surface area contributed by atoms with Gasteiger partial charge in [-0.25, -0.2) is 9.78 Å². The van der Waals surface area contributed by atoms with Gasteiger partial charge in [-0.15, -0.1) is 0 Å². The van der Waals surface area contributed by atoms with Gasteiger partial charge >= 0.3 is 6.03 Å². The second-order valence-corrected chi connectivity index (χ2v) is 5.68. The van der Waals surface area contributed by atoms with Gasteiger partial charge in [-0.3, -0.25) is 0 Å². The normalized spacial score (nSPS) is 16.3. The predicted molar refractivity (Wildman–Crippen MR) is 79.2 cm³/mol. The zero-order valence-corrected chi connectivity index (χ0v) is 12.9. The summed E-state index contributed by atoms with van der Waals surface area (Å²) in [6, 6.07) is 4.42. The summed E-state index contributed by atoms with van der Waals surface area (Å²) in [7, 11) is 3.58. The monoisotopic (exact) mass is 326 g/mol. The maximum absolute atomic E-state index is 11.8. The Morgan fingerprint density at radius 1 is 1.47 bits per heavy atom. The van der Waals surface area contributed by atoms with Crippen molar-refractivity contribution >= 4 is 27.6 Å². The second kappa shape index (κ2) is 6.23. The van der Waals surface area contributed by atoms with Gasteiger partial charge in [-0.05, 0) is 40.9 Å². The Balaban J connectivity index is 1.87. The van der Waals surface area contributed by atoms with Gasteiger partial charge in [0.25, 0.3) is 0 Å². The minimum atomic E-state index is 0.0982. The molecule has 2 amide bonds. The first-order valence-corrected chi connectivity index (χ1v) is 7.20. The molecule has 104 valence electrons. The zero-order chi connectivity index (χ0) is 13.8. The van der Waals surface area contributed by atoms with E-state index in [1.165, 1.54) is 0 Å². The fraction of sp³-hybridized carbons (Fsp3) is 0.538. The van der Waals surface area contributed by atoms with Gasteiger partial charge in [0.15, 0.2) is 0 Å². The summed E-state index contributed by atoms with van der Waals surface area (Å²) < 4.78 is 0.835. The van der Waals surface area contributed by atoms with Gasteiger partial charge in [0, 0.05) is 39.4 Å². The van der Waals surface area contributed by atoms with Crippen molar-refractivity contribution in [2.24, 2.45) is 0 Å². The van der Waals surface area contributed by atoms with Gasteiger partial charge in [-0.1, -0.05) is 0 Å². The highest BCUT2D eigenvalue weighted by molar-refractivity contribution is 9.10. The van der Waals surface area contributed by atoms with Gasteiger partial charge in [-0.2, -0.15) is 0 Å². The van der Waals surface area contributed by atoms with Crippen LogP contribution in [0.25, 0.3) is 0 Å². The average Bonchev–Trinajstić information content (AvgIpc) is 2.41. The number of nitrogens with zero attached hydrogens (tertiary/aromatic N) is 3. The van der Waals surface area contributed by atoms with Crippen LogP contribution < -0.4 is 5.32 Å². The molecule has 0 atom stereocenters. The third kappa shape index (κ3) is 3.59. The Hall–Kier alpha value is -1.30. The van der Waals surface area contributed by atoms with Crippen LogP contribution in [0.5, 0.6) is 0 Å². The molecular formula is C13H19BrN4O. The maximum Gasteiger partial charge on any atom is 0.319 e. The van der Waals surface area contributed by atoms with Crippen LogP contribution in [0.2, 0.25) is 0 Å². The number of aromatic nitrogens is 1. The lowest BCUT2D eigenvalue weighted by Crippen LogP contribution is -2.46. The number of likely N-dealkylation sites (tertiary alicyclic amines) is 1. The van der Waals surface area contributed by atoms with E-state index in [-0.39, 0.29) is 6.03 Å². The van der Waals surface area contributed by atoms with E-state index in [4.69, 9.17) is 0 Å². The lowest BCUT2D eigenvalue weighted by atomic mass is 10.1. The van der Waals surface area contributed by atoms with E-state index < -0.39 is 0 Å².